The molecule has 0 radical (unpaired) electrons. The maximum absolute atomic E-state index is 12.8. The van der Waals surface area contributed by atoms with Crippen molar-refractivity contribution in [3.8, 4) is 5.75 Å². The van der Waals surface area contributed by atoms with Crippen molar-refractivity contribution >= 4 is 0 Å². The van der Waals surface area contributed by atoms with Crippen LogP contribution in [0.3, 0.4) is 0 Å². The highest BCUT2D eigenvalue weighted by Crippen LogP contribution is 2.56. The largest absolute Gasteiger partial charge is 0.507 e. The molecule has 166 valence electrons. The fourth-order valence-electron chi connectivity index (χ4n) is 5.29. The first-order valence-corrected chi connectivity index (χ1v) is 12.1. The van der Waals surface area contributed by atoms with Crippen LogP contribution >= 0.6 is 0 Å². The highest BCUT2D eigenvalue weighted by molar-refractivity contribution is 5.34. The molecule has 3 atom stereocenters. The van der Waals surface area contributed by atoms with E-state index in [1.165, 1.54) is 31.2 Å². The predicted molar refractivity (Wildman–Crippen MR) is 127 cm³/mol. The third-order valence-corrected chi connectivity index (χ3v) is 7.33. The molecule has 2 fully saturated rings. The van der Waals surface area contributed by atoms with Crippen molar-refractivity contribution < 1.29 is 9.52 Å². The van der Waals surface area contributed by atoms with Crippen molar-refractivity contribution in [1.29, 1.82) is 0 Å². The Hall–Kier alpha value is -2.81. The highest BCUT2D eigenvalue weighted by atomic mass is 16.4. The Labute approximate surface area is 190 Å². The minimum absolute atomic E-state index is 0.0764. The van der Waals surface area contributed by atoms with Crippen LogP contribution in [0.5, 0.6) is 5.75 Å². The van der Waals surface area contributed by atoms with Gasteiger partial charge in [0.2, 0.25) is 0 Å². The van der Waals surface area contributed by atoms with E-state index in [4.69, 9.17) is 4.42 Å². The van der Waals surface area contributed by atoms with Crippen LogP contribution in [-0.2, 0) is 19.3 Å². The van der Waals surface area contributed by atoms with E-state index in [2.05, 4.69) is 24.3 Å². The number of hydrogen-bond donors (Lipinski definition) is 1. The lowest BCUT2D eigenvalue weighted by Crippen LogP contribution is -2.15. The van der Waals surface area contributed by atoms with E-state index in [1.807, 2.05) is 36.4 Å². The van der Waals surface area contributed by atoms with E-state index in [9.17, 15) is 9.90 Å². The van der Waals surface area contributed by atoms with Crippen LogP contribution in [0.4, 0.5) is 0 Å². The Morgan fingerprint density at radius 2 is 1.69 bits per heavy atom. The molecular weight excluding hydrogens is 396 g/mol. The third-order valence-electron chi connectivity index (χ3n) is 7.33. The fraction of sp³-hybridized carbons (Fsp3) is 0.414. The van der Waals surface area contributed by atoms with Crippen molar-refractivity contribution in [3.05, 3.63) is 99.6 Å². The zero-order chi connectivity index (χ0) is 21.9. The summed E-state index contributed by atoms with van der Waals surface area (Å²) in [7, 11) is 0. The summed E-state index contributed by atoms with van der Waals surface area (Å²) in [6.45, 7) is 0. The van der Waals surface area contributed by atoms with Gasteiger partial charge in [0.05, 0.1) is 5.56 Å². The van der Waals surface area contributed by atoms with Crippen LogP contribution in [0.1, 0.15) is 60.5 Å². The van der Waals surface area contributed by atoms with Gasteiger partial charge in [0.25, 0.3) is 0 Å². The number of benzene rings is 2. The predicted octanol–water partition coefficient (Wildman–Crippen LogP) is 6.28. The topological polar surface area (TPSA) is 50.4 Å². The van der Waals surface area contributed by atoms with Crippen molar-refractivity contribution in [2.45, 2.75) is 57.3 Å². The van der Waals surface area contributed by atoms with Crippen LogP contribution in [0.25, 0.3) is 0 Å². The standard InChI is InChI=1S/C29H32O3/c30-28-19-25(13-7-12-23-17-26(23)22-14-15-22)32-29(31)27(28)18-24(21-10-5-2-6-11-21)16-20-8-3-1-4-9-20/h1-6,8-11,19,22-24,26,30H,7,12-18H2. The molecule has 32 heavy (non-hydrogen) atoms. The molecule has 3 unspecified atom stereocenters. The first-order valence-electron chi connectivity index (χ1n) is 12.1. The van der Waals surface area contributed by atoms with Gasteiger partial charge in [-0.25, -0.2) is 4.79 Å². The molecule has 0 aliphatic heterocycles. The summed E-state index contributed by atoms with van der Waals surface area (Å²) in [5, 5.41) is 10.7. The molecule has 1 aromatic heterocycles. The molecule has 2 saturated carbocycles. The van der Waals surface area contributed by atoms with Crippen LogP contribution in [0.2, 0.25) is 0 Å². The Balaban J connectivity index is 1.27. The van der Waals surface area contributed by atoms with E-state index in [0.29, 0.717) is 17.7 Å². The van der Waals surface area contributed by atoms with Crippen molar-refractivity contribution in [1.82, 2.24) is 0 Å². The Kier molecular flexibility index (Phi) is 6.16. The van der Waals surface area contributed by atoms with Gasteiger partial charge >= 0.3 is 5.63 Å². The molecular formula is C29H32O3. The molecule has 5 rings (SSSR count). The number of aromatic hydroxyl groups is 1. The first-order chi connectivity index (χ1) is 15.7. The van der Waals surface area contributed by atoms with Gasteiger partial charge in [-0.3, -0.25) is 0 Å². The van der Waals surface area contributed by atoms with E-state index in [1.54, 1.807) is 6.07 Å². The molecule has 0 amide bonds. The van der Waals surface area contributed by atoms with Crippen molar-refractivity contribution in [3.63, 3.8) is 0 Å². The Morgan fingerprint density at radius 3 is 2.38 bits per heavy atom. The van der Waals surface area contributed by atoms with E-state index in [-0.39, 0.29) is 11.7 Å². The summed E-state index contributed by atoms with van der Waals surface area (Å²) in [5.74, 6) is 3.64. The molecule has 0 bridgehead atoms. The van der Waals surface area contributed by atoms with Gasteiger partial charge in [0, 0.05) is 12.5 Å². The second-order valence-corrected chi connectivity index (χ2v) is 9.75. The lowest BCUT2D eigenvalue weighted by Gasteiger charge is -2.18. The minimum atomic E-state index is -0.392. The summed E-state index contributed by atoms with van der Waals surface area (Å²) in [4.78, 5) is 12.8. The van der Waals surface area contributed by atoms with Crippen LogP contribution in [-0.4, -0.2) is 5.11 Å². The van der Waals surface area contributed by atoms with E-state index < -0.39 is 5.63 Å². The maximum atomic E-state index is 12.8. The summed E-state index contributed by atoms with van der Waals surface area (Å²) in [6.07, 6.45) is 8.47. The quantitative estimate of drug-likeness (QED) is 0.413. The second kappa shape index (κ2) is 9.36. The highest BCUT2D eigenvalue weighted by Gasteiger charge is 2.46. The first kappa shape index (κ1) is 21.1. The molecule has 3 heteroatoms. The SMILES string of the molecule is O=c1oc(CCCC2CC2C2CC2)cc(O)c1CC(Cc1ccccc1)c1ccccc1. The monoisotopic (exact) mass is 428 g/mol. The van der Waals surface area contributed by atoms with Crippen LogP contribution in [0, 0.1) is 17.8 Å². The van der Waals surface area contributed by atoms with Crippen molar-refractivity contribution in [2.75, 3.05) is 0 Å². The number of rotatable bonds is 10. The van der Waals surface area contributed by atoms with Gasteiger partial charge in [-0.15, -0.1) is 0 Å². The lowest BCUT2D eigenvalue weighted by molar-refractivity contribution is 0.402. The zero-order valence-electron chi connectivity index (χ0n) is 18.6. The summed E-state index contributed by atoms with van der Waals surface area (Å²) >= 11 is 0. The average Bonchev–Trinajstić information content (AvgIpc) is 3.71. The van der Waals surface area contributed by atoms with Gasteiger partial charge in [-0.1, -0.05) is 60.7 Å². The van der Waals surface area contributed by atoms with Gasteiger partial charge < -0.3 is 9.52 Å². The van der Waals surface area contributed by atoms with E-state index >= 15 is 0 Å². The lowest BCUT2D eigenvalue weighted by atomic mass is 9.87. The summed E-state index contributed by atoms with van der Waals surface area (Å²) in [5.41, 5.74) is 2.37. The Morgan fingerprint density at radius 1 is 0.969 bits per heavy atom. The minimum Gasteiger partial charge on any atom is -0.507 e. The fourth-order valence-corrected chi connectivity index (χ4v) is 5.29. The third kappa shape index (κ3) is 5.15. The molecule has 2 aromatic carbocycles. The molecule has 2 aliphatic rings. The average molecular weight is 429 g/mol. The molecule has 2 aliphatic carbocycles. The smallest absolute Gasteiger partial charge is 0.342 e. The molecule has 0 spiro atoms. The molecule has 1 N–H and O–H groups in total. The normalized spacial score (nSPS) is 20.8. The molecule has 0 saturated heterocycles. The molecule has 3 nitrogen and oxygen atoms in total. The maximum Gasteiger partial charge on any atom is 0.342 e. The molecule has 1 heterocycles. The zero-order valence-corrected chi connectivity index (χ0v) is 18.6. The number of aryl methyl sites for hydroxylation is 1. The summed E-state index contributed by atoms with van der Waals surface area (Å²) < 4.78 is 5.65. The molecule has 3 aromatic rings. The van der Waals surface area contributed by atoms with Gasteiger partial charge in [0.1, 0.15) is 11.5 Å². The van der Waals surface area contributed by atoms with Crippen LogP contribution < -0.4 is 5.63 Å². The number of hydrogen-bond acceptors (Lipinski definition) is 3. The van der Waals surface area contributed by atoms with Gasteiger partial charge in [-0.2, -0.15) is 0 Å². The second-order valence-electron chi connectivity index (χ2n) is 9.75. The Bertz CT molecular complexity index is 1080. The van der Waals surface area contributed by atoms with Gasteiger partial charge in [0.15, 0.2) is 0 Å². The van der Waals surface area contributed by atoms with Crippen LogP contribution in [0.15, 0.2) is 75.9 Å². The van der Waals surface area contributed by atoms with Gasteiger partial charge in [-0.05, 0) is 79.7 Å². The summed E-state index contributed by atoms with van der Waals surface area (Å²) in [6, 6.07) is 22.2. The van der Waals surface area contributed by atoms with E-state index in [0.717, 1.165) is 42.6 Å². The van der Waals surface area contributed by atoms with Crippen molar-refractivity contribution in [2.24, 2.45) is 17.8 Å².